The zero-order valence-corrected chi connectivity index (χ0v) is 36.1. The van der Waals surface area contributed by atoms with Crippen molar-refractivity contribution in [2.75, 3.05) is 0 Å². The number of hydrogen-bond donors (Lipinski definition) is 0. The second-order valence-corrected chi connectivity index (χ2v) is 18.5. The molecule has 0 bridgehead atoms. The molecule has 0 N–H and O–H groups in total. The molecule has 9 aromatic rings. The topological polar surface area (TPSA) is 25.8 Å². The maximum Gasteiger partial charge on any atom is 0.0978 e. The lowest BCUT2D eigenvalue weighted by Crippen LogP contribution is -2.10. The van der Waals surface area contributed by atoms with Gasteiger partial charge >= 0.3 is 0 Å². The van der Waals surface area contributed by atoms with E-state index in [4.69, 9.17) is 9.97 Å². The summed E-state index contributed by atoms with van der Waals surface area (Å²) in [5.74, 6) is 0. The number of aryl methyl sites for hydroxylation is 2. The van der Waals surface area contributed by atoms with Crippen LogP contribution in [0.5, 0.6) is 0 Å². The van der Waals surface area contributed by atoms with Crippen LogP contribution in [0.25, 0.3) is 88.8 Å². The van der Waals surface area contributed by atoms with E-state index < -0.39 is 0 Å². The average molecular weight is 777 g/mol. The summed E-state index contributed by atoms with van der Waals surface area (Å²) in [5.41, 5.74) is 20.5. The van der Waals surface area contributed by atoms with E-state index in [9.17, 15) is 0 Å². The minimum Gasteiger partial charge on any atom is -0.245 e. The summed E-state index contributed by atoms with van der Waals surface area (Å²) >= 11 is 0. The Morgan fingerprint density at radius 1 is 0.300 bits per heavy atom. The Kier molecular flexibility index (Phi) is 9.84. The first-order chi connectivity index (χ1) is 28.8. The summed E-state index contributed by atoms with van der Waals surface area (Å²) in [5, 5.41) is 2.17. The van der Waals surface area contributed by atoms with Gasteiger partial charge in [0.2, 0.25) is 0 Å². The molecule has 2 aromatic heterocycles. The minimum absolute atomic E-state index is 0.115. The van der Waals surface area contributed by atoms with Crippen molar-refractivity contribution in [2.45, 2.75) is 66.2 Å². The van der Waals surface area contributed by atoms with Gasteiger partial charge in [-0.05, 0) is 92.4 Å². The number of nitrogens with zero attached hydrogens (tertiary/aromatic N) is 2. The van der Waals surface area contributed by atoms with Gasteiger partial charge in [-0.2, -0.15) is 0 Å². The second-order valence-electron chi connectivity index (χ2n) is 18.5. The van der Waals surface area contributed by atoms with Crippen molar-refractivity contribution in [1.82, 2.24) is 9.97 Å². The van der Waals surface area contributed by atoms with Crippen molar-refractivity contribution in [3.63, 3.8) is 0 Å². The molecular formula is C58H52N2. The molecule has 0 unspecified atom stereocenters. The van der Waals surface area contributed by atoms with Crippen LogP contribution in [0, 0.1) is 13.8 Å². The first kappa shape index (κ1) is 38.9. The van der Waals surface area contributed by atoms with Crippen molar-refractivity contribution in [1.29, 1.82) is 0 Å². The van der Waals surface area contributed by atoms with E-state index in [0.29, 0.717) is 0 Å². The second kappa shape index (κ2) is 15.2. The largest absolute Gasteiger partial charge is 0.245 e. The van der Waals surface area contributed by atoms with Crippen molar-refractivity contribution >= 4 is 21.8 Å². The fourth-order valence-corrected chi connectivity index (χ4v) is 8.21. The molecule has 0 aliphatic rings. The third kappa shape index (κ3) is 7.66. The number of fused-ring (bicyclic) bond motifs is 3. The van der Waals surface area contributed by atoms with Gasteiger partial charge in [0.15, 0.2) is 0 Å². The summed E-state index contributed by atoms with van der Waals surface area (Å²) in [7, 11) is 0. The van der Waals surface area contributed by atoms with Gasteiger partial charge < -0.3 is 0 Å². The molecule has 0 aliphatic heterocycles. The molecule has 7 aromatic carbocycles. The van der Waals surface area contributed by atoms with Crippen molar-refractivity contribution in [2.24, 2.45) is 0 Å². The Balaban J connectivity index is 1.21. The van der Waals surface area contributed by atoms with Gasteiger partial charge in [0.05, 0.1) is 22.4 Å². The molecule has 0 aliphatic carbocycles. The van der Waals surface area contributed by atoms with E-state index in [1.807, 2.05) is 0 Å². The van der Waals surface area contributed by atoms with E-state index in [0.717, 1.165) is 66.6 Å². The molecule has 2 heteroatoms. The van der Waals surface area contributed by atoms with E-state index >= 15 is 0 Å². The van der Waals surface area contributed by atoms with Gasteiger partial charge in [-0.3, -0.25) is 0 Å². The third-order valence-electron chi connectivity index (χ3n) is 12.0. The summed E-state index contributed by atoms with van der Waals surface area (Å²) in [6.45, 7) is 17.8. The molecular weight excluding hydrogens is 725 g/mol. The smallest absolute Gasteiger partial charge is 0.0978 e. The van der Waals surface area contributed by atoms with Gasteiger partial charge in [0, 0.05) is 21.9 Å². The van der Waals surface area contributed by atoms with Gasteiger partial charge in [-0.15, -0.1) is 0 Å². The third-order valence-corrected chi connectivity index (χ3v) is 12.0. The number of pyridine rings is 2. The summed E-state index contributed by atoms with van der Waals surface area (Å²) in [6, 6.07) is 62.3. The molecule has 0 spiro atoms. The van der Waals surface area contributed by atoms with E-state index in [1.165, 1.54) is 44.5 Å². The molecule has 0 radical (unpaired) electrons. The standard InChI is InChI=1S/C58H52N2/c1-37-9-13-43(14-10-37)51-35-53(45-21-17-39(18-22-45)41-25-29-47(30-26-41)57(3,4)5)59-55-49(51)33-34-50-52(44-15-11-38(2)12-16-44)36-54(60-56(50)55)46-23-19-40(20-24-46)42-27-31-48(32-28-42)58(6,7)8/h9-36H,1-8H3. The predicted octanol–water partition coefficient (Wildman–Crippen LogP) is 16.0. The van der Waals surface area contributed by atoms with Crippen LogP contribution < -0.4 is 0 Å². The highest BCUT2D eigenvalue weighted by molar-refractivity contribution is 6.13. The molecule has 2 heterocycles. The molecule has 2 nitrogen and oxygen atoms in total. The highest BCUT2D eigenvalue weighted by atomic mass is 14.8. The van der Waals surface area contributed by atoms with Crippen molar-refractivity contribution in [3.05, 3.63) is 192 Å². The molecule has 0 saturated heterocycles. The predicted molar refractivity (Wildman–Crippen MR) is 257 cm³/mol. The lowest BCUT2D eigenvalue weighted by atomic mass is 9.86. The van der Waals surface area contributed by atoms with E-state index in [2.05, 4.69) is 225 Å². The molecule has 0 fully saturated rings. The highest BCUT2D eigenvalue weighted by Gasteiger charge is 2.19. The van der Waals surface area contributed by atoms with Crippen LogP contribution in [0.15, 0.2) is 170 Å². The first-order valence-electron chi connectivity index (χ1n) is 21.1. The monoisotopic (exact) mass is 776 g/mol. The Hall–Kier alpha value is -6.64. The van der Waals surface area contributed by atoms with Gasteiger partial charge in [0.1, 0.15) is 0 Å². The van der Waals surface area contributed by atoms with Crippen LogP contribution in [0.4, 0.5) is 0 Å². The number of hydrogen-bond acceptors (Lipinski definition) is 2. The number of benzene rings is 7. The number of rotatable bonds is 6. The van der Waals surface area contributed by atoms with Crippen LogP contribution in [-0.4, -0.2) is 9.97 Å². The first-order valence-corrected chi connectivity index (χ1v) is 21.1. The lowest BCUT2D eigenvalue weighted by Gasteiger charge is -2.19. The molecule has 0 atom stereocenters. The summed E-state index contributed by atoms with van der Waals surface area (Å²) in [6.07, 6.45) is 0. The zero-order valence-electron chi connectivity index (χ0n) is 36.1. The Bertz CT molecular complexity index is 2770. The minimum atomic E-state index is 0.115. The highest BCUT2D eigenvalue weighted by Crippen LogP contribution is 2.40. The lowest BCUT2D eigenvalue weighted by molar-refractivity contribution is 0.590. The fraction of sp³-hybridized carbons (Fsp3) is 0.172. The van der Waals surface area contributed by atoms with Gasteiger partial charge in [-0.25, -0.2) is 9.97 Å². The van der Waals surface area contributed by atoms with Crippen molar-refractivity contribution in [3.8, 4) is 67.0 Å². The number of aromatic nitrogens is 2. The summed E-state index contributed by atoms with van der Waals surface area (Å²) < 4.78 is 0. The SMILES string of the molecule is Cc1ccc(-c2cc(-c3ccc(-c4ccc(C(C)(C)C)cc4)cc3)nc3c2ccc2c(-c4ccc(C)cc4)cc(-c4ccc(-c5ccc(C(C)(C)C)cc5)cc4)nc23)cc1. The molecule has 294 valence electrons. The normalized spacial score (nSPS) is 12.0. The molecule has 0 saturated carbocycles. The van der Waals surface area contributed by atoms with E-state index in [-0.39, 0.29) is 10.8 Å². The van der Waals surface area contributed by atoms with Crippen LogP contribution in [-0.2, 0) is 10.8 Å². The molecule has 9 rings (SSSR count). The summed E-state index contributed by atoms with van der Waals surface area (Å²) in [4.78, 5) is 11.0. The van der Waals surface area contributed by atoms with Crippen LogP contribution in [0.1, 0.15) is 63.8 Å². The van der Waals surface area contributed by atoms with Crippen LogP contribution in [0.2, 0.25) is 0 Å². The van der Waals surface area contributed by atoms with Crippen LogP contribution in [0.3, 0.4) is 0 Å². The Labute approximate surface area is 355 Å². The maximum absolute atomic E-state index is 5.52. The van der Waals surface area contributed by atoms with E-state index in [1.54, 1.807) is 0 Å². The maximum atomic E-state index is 5.52. The fourth-order valence-electron chi connectivity index (χ4n) is 8.21. The van der Waals surface area contributed by atoms with Gasteiger partial charge in [-0.1, -0.05) is 210 Å². The van der Waals surface area contributed by atoms with Gasteiger partial charge in [0.25, 0.3) is 0 Å². The Morgan fingerprint density at radius 3 is 0.867 bits per heavy atom. The molecule has 60 heavy (non-hydrogen) atoms. The zero-order chi connectivity index (χ0) is 41.8. The molecule has 0 amide bonds. The van der Waals surface area contributed by atoms with Crippen molar-refractivity contribution < 1.29 is 0 Å². The Morgan fingerprint density at radius 2 is 0.567 bits per heavy atom. The average Bonchev–Trinajstić information content (AvgIpc) is 3.26. The quantitative estimate of drug-likeness (QED) is 0.157. The van der Waals surface area contributed by atoms with Crippen LogP contribution >= 0.6 is 0 Å².